The quantitative estimate of drug-likeness (QED) is 0.667. The molecule has 1 aromatic heterocycles. The van der Waals surface area contributed by atoms with E-state index in [0.29, 0.717) is 11.4 Å². The van der Waals surface area contributed by atoms with Gasteiger partial charge in [0.05, 0.1) is 4.92 Å². The number of benzene rings is 1. The summed E-state index contributed by atoms with van der Waals surface area (Å²) in [5, 5.41) is 13.5. The number of ether oxygens (including phenoxy) is 1. The number of anilines is 1. The lowest BCUT2D eigenvalue weighted by Crippen LogP contribution is -2.18. The minimum atomic E-state index is -4.78. The van der Waals surface area contributed by atoms with E-state index in [9.17, 15) is 23.3 Å². The van der Waals surface area contributed by atoms with Crippen LogP contribution in [0.2, 0.25) is 0 Å². The lowest BCUT2D eigenvalue weighted by molar-refractivity contribution is -0.385. The number of aryl methyl sites for hydroxylation is 1. The van der Waals surface area contributed by atoms with Gasteiger partial charge in [-0.05, 0) is 18.6 Å². The van der Waals surface area contributed by atoms with Crippen LogP contribution in [0.5, 0.6) is 5.75 Å². The van der Waals surface area contributed by atoms with E-state index < -0.39 is 11.3 Å². The average Bonchev–Trinajstić information content (AvgIpc) is 2.45. The van der Waals surface area contributed by atoms with Crippen LogP contribution in [-0.2, 0) is 6.54 Å². The monoisotopic (exact) mass is 327 g/mol. The maximum atomic E-state index is 12.3. The highest BCUT2D eigenvalue weighted by Gasteiger charge is 2.31. The number of nitrogens with one attached hydrogen (secondary N) is 1. The lowest BCUT2D eigenvalue weighted by atomic mass is 10.2. The van der Waals surface area contributed by atoms with E-state index in [4.69, 9.17) is 0 Å². The van der Waals surface area contributed by atoms with Crippen molar-refractivity contribution in [2.75, 3.05) is 5.32 Å². The van der Waals surface area contributed by atoms with E-state index in [1.54, 1.807) is 13.0 Å². The number of halogens is 3. The molecule has 0 aliphatic rings. The Bertz CT molecular complexity index is 720. The third kappa shape index (κ3) is 4.56. The van der Waals surface area contributed by atoms with E-state index in [1.807, 2.05) is 0 Å². The second-order valence-corrected chi connectivity index (χ2v) is 4.63. The van der Waals surface area contributed by atoms with Gasteiger partial charge in [0.1, 0.15) is 17.8 Å². The predicted molar refractivity (Wildman–Crippen MR) is 76.1 cm³/mol. The van der Waals surface area contributed by atoms with Gasteiger partial charge in [-0.15, -0.1) is 13.2 Å². The first-order valence-corrected chi connectivity index (χ1v) is 6.45. The molecule has 0 aliphatic carbocycles. The summed E-state index contributed by atoms with van der Waals surface area (Å²) in [6.07, 6.45) is -3.70. The van der Waals surface area contributed by atoms with Gasteiger partial charge in [0.2, 0.25) is 0 Å². The Morgan fingerprint density at radius 1 is 1.35 bits per heavy atom. The Kier molecular flexibility index (Phi) is 4.68. The fourth-order valence-corrected chi connectivity index (χ4v) is 1.90. The van der Waals surface area contributed by atoms with Crippen molar-refractivity contribution in [2.24, 2.45) is 0 Å². The molecule has 1 heterocycles. The van der Waals surface area contributed by atoms with Gasteiger partial charge in [0.25, 0.3) is 5.69 Å². The van der Waals surface area contributed by atoms with Crippen LogP contribution in [0.1, 0.15) is 11.1 Å². The van der Waals surface area contributed by atoms with Crippen LogP contribution in [-0.4, -0.2) is 16.3 Å². The molecule has 2 rings (SSSR count). The van der Waals surface area contributed by atoms with Gasteiger partial charge in [-0.1, -0.05) is 18.2 Å². The second-order valence-electron chi connectivity index (χ2n) is 4.63. The summed E-state index contributed by atoms with van der Waals surface area (Å²) in [6, 6.07) is 7.03. The van der Waals surface area contributed by atoms with Crippen LogP contribution in [0.25, 0.3) is 0 Å². The summed E-state index contributed by atoms with van der Waals surface area (Å²) in [4.78, 5) is 14.0. The number of hydrogen-bond acceptors (Lipinski definition) is 5. The smallest absolute Gasteiger partial charge is 0.405 e. The molecule has 23 heavy (non-hydrogen) atoms. The molecular weight excluding hydrogens is 315 g/mol. The molecule has 0 bridgehead atoms. The van der Waals surface area contributed by atoms with Crippen LogP contribution >= 0.6 is 0 Å². The molecule has 0 amide bonds. The summed E-state index contributed by atoms with van der Waals surface area (Å²) >= 11 is 0. The first-order valence-electron chi connectivity index (χ1n) is 6.45. The third-order valence-corrected chi connectivity index (χ3v) is 2.92. The minimum absolute atomic E-state index is 0.0257. The molecule has 0 atom stereocenters. The van der Waals surface area contributed by atoms with Gasteiger partial charge in [-0.3, -0.25) is 10.1 Å². The predicted octanol–water partition coefficient (Wildman–Crippen LogP) is 3.81. The van der Waals surface area contributed by atoms with Crippen LogP contribution in [0.15, 0.2) is 36.5 Å². The summed E-state index contributed by atoms with van der Waals surface area (Å²) in [6.45, 7) is 1.64. The second kappa shape index (κ2) is 6.51. The van der Waals surface area contributed by atoms with Crippen LogP contribution in [0.4, 0.5) is 24.7 Å². The van der Waals surface area contributed by atoms with E-state index in [2.05, 4.69) is 15.0 Å². The van der Waals surface area contributed by atoms with Crippen LogP contribution in [0, 0.1) is 17.0 Å². The highest BCUT2D eigenvalue weighted by atomic mass is 19.4. The van der Waals surface area contributed by atoms with Crippen molar-refractivity contribution in [3.63, 3.8) is 0 Å². The zero-order valence-corrected chi connectivity index (χ0v) is 11.9. The topological polar surface area (TPSA) is 77.3 Å². The number of aromatic nitrogens is 1. The summed E-state index contributed by atoms with van der Waals surface area (Å²) in [7, 11) is 0. The van der Waals surface area contributed by atoms with Crippen molar-refractivity contribution in [3.05, 3.63) is 57.8 Å². The molecule has 0 unspecified atom stereocenters. The van der Waals surface area contributed by atoms with E-state index in [1.165, 1.54) is 24.3 Å². The van der Waals surface area contributed by atoms with E-state index >= 15 is 0 Å². The Balaban J connectivity index is 2.14. The molecule has 9 heteroatoms. The molecule has 122 valence electrons. The zero-order chi connectivity index (χ0) is 17.0. The molecule has 0 spiro atoms. The van der Waals surface area contributed by atoms with Crippen LogP contribution < -0.4 is 10.1 Å². The van der Waals surface area contributed by atoms with Gasteiger partial charge in [-0.25, -0.2) is 4.98 Å². The lowest BCUT2D eigenvalue weighted by Gasteiger charge is -2.14. The number of rotatable bonds is 5. The van der Waals surface area contributed by atoms with Gasteiger partial charge in [0.15, 0.2) is 0 Å². The number of para-hydroxylation sites is 1. The Hall–Kier alpha value is -2.84. The van der Waals surface area contributed by atoms with Crippen molar-refractivity contribution in [1.29, 1.82) is 0 Å². The van der Waals surface area contributed by atoms with Crippen molar-refractivity contribution in [2.45, 2.75) is 19.8 Å². The maximum Gasteiger partial charge on any atom is 0.573 e. The molecule has 0 saturated carbocycles. The SMILES string of the molecule is Cc1cc([N+](=O)[O-])cnc1NCc1ccccc1OC(F)(F)F. The molecule has 6 nitrogen and oxygen atoms in total. The summed E-state index contributed by atoms with van der Waals surface area (Å²) < 4.78 is 41.0. The molecule has 0 aliphatic heterocycles. The number of alkyl halides is 3. The summed E-state index contributed by atoms with van der Waals surface area (Å²) in [5.41, 5.74) is 0.631. The molecule has 0 fully saturated rings. The number of hydrogen-bond donors (Lipinski definition) is 1. The van der Waals surface area contributed by atoms with Crippen molar-refractivity contribution in [1.82, 2.24) is 4.98 Å². The van der Waals surface area contributed by atoms with E-state index in [0.717, 1.165) is 6.20 Å². The molecule has 1 N–H and O–H groups in total. The van der Waals surface area contributed by atoms with Crippen molar-refractivity contribution in [3.8, 4) is 5.75 Å². The van der Waals surface area contributed by atoms with Gasteiger partial charge < -0.3 is 10.1 Å². The Labute approximate surface area is 129 Å². The van der Waals surface area contributed by atoms with Gasteiger partial charge in [-0.2, -0.15) is 0 Å². The molecule has 0 radical (unpaired) electrons. The molecule has 0 saturated heterocycles. The molecular formula is C14H12F3N3O3. The summed E-state index contributed by atoms with van der Waals surface area (Å²) in [5.74, 6) is 0.0319. The first kappa shape index (κ1) is 16.5. The maximum absolute atomic E-state index is 12.3. The highest BCUT2D eigenvalue weighted by Crippen LogP contribution is 2.27. The van der Waals surface area contributed by atoms with Gasteiger partial charge in [0, 0.05) is 18.2 Å². The van der Waals surface area contributed by atoms with Gasteiger partial charge >= 0.3 is 6.36 Å². The fourth-order valence-electron chi connectivity index (χ4n) is 1.90. The minimum Gasteiger partial charge on any atom is -0.405 e. The Morgan fingerprint density at radius 2 is 2.04 bits per heavy atom. The average molecular weight is 327 g/mol. The highest BCUT2D eigenvalue weighted by molar-refractivity contribution is 5.49. The number of nitrogens with zero attached hydrogens (tertiary/aromatic N) is 2. The Morgan fingerprint density at radius 3 is 2.65 bits per heavy atom. The third-order valence-electron chi connectivity index (χ3n) is 2.92. The molecule has 1 aromatic carbocycles. The zero-order valence-electron chi connectivity index (χ0n) is 11.9. The number of nitro groups is 1. The standard InChI is InChI=1S/C14H12F3N3O3/c1-9-6-11(20(21)22)8-19-13(9)18-7-10-4-2-3-5-12(10)23-14(15,16)17/h2-6,8H,7H2,1H3,(H,18,19). The van der Waals surface area contributed by atoms with Crippen molar-refractivity contribution < 1.29 is 22.8 Å². The number of pyridine rings is 1. The van der Waals surface area contributed by atoms with Crippen LogP contribution in [0.3, 0.4) is 0 Å². The molecule has 2 aromatic rings. The fraction of sp³-hybridized carbons (Fsp3) is 0.214. The normalized spacial score (nSPS) is 11.1. The first-order chi connectivity index (χ1) is 10.8. The van der Waals surface area contributed by atoms with Crippen molar-refractivity contribution >= 4 is 11.5 Å². The van der Waals surface area contributed by atoms with E-state index in [-0.39, 0.29) is 23.5 Å². The largest absolute Gasteiger partial charge is 0.573 e.